The molecule has 2 bridgehead atoms. The monoisotopic (exact) mass is 992 g/mol. The van der Waals surface area contributed by atoms with Gasteiger partial charge in [0.1, 0.15) is 35.6 Å². The average Bonchev–Trinajstić information content (AvgIpc) is 3.30. The second-order valence-corrected chi connectivity index (χ2v) is 20.3. The summed E-state index contributed by atoms with van der Waals surface area (Å²) in [5.74, 6) is -8.25. The standard InChI is InChI=1S/C52H68N2O17/c1-11-53-23-22-37(57)65-27-38(58)68-41(40(31-18-14-12-15-19-31)54-47(62)71-48(4,5)6)46(61)67-34-25-52(63)44(69-45(60)32-20-16-13-17-21-32)42-50(9,43(59)33(26-55)39(29(34)2)49(52,7)8)35(64-10)24-36-51(42,28-66-36)70-30(3)56/h12-21,33-36,40-42,44,53,55,63H,11,22-28H2,1-10H3,(H,54,62)/t33-,34+,35+,36-,40+,41-,42+,44+,50-,51+,52-/m1/s1. The van der Waals surface area contributed by atoms with Crippen LogP contribution < -0.4 is 10.6 Å². The minimum atomic E-state index is -2.36. The van der Waals surface area contributed by atoms with Crippen molar-refractivity contribution in [3.8, 4) is 0 Å². The molecule has 0 unspecified atom stereocenters. The van der Waals surface area contributed by atoms with Gasteiger partial charge in [0.05, 0.1) is 48.6 Å². The topological polar surface area (TPSA) is 258 Å². The number of hydrogen-bond acceptors (Lipinski definition) is 18. The molecule has 6 rings (SSSR count). The Labute approximate surface area is 413 Å². The second-order valence-electron chi connectivity index (χ2n) is 20.3. The van der Waals surface area contributed by atoms with Crippen LogP contribution in [0.25, 0.3) is 0 Å². The molecule has 4 aliphatic rings. The molecule has 3 fully saturated rings. The van der Waals surface area contributed by atoms with Crippen molar-refractivity contribution in [2.45, 2.75) is 135 Å². The summed E-state index contributed by atoms with van der Waals surface area (Å²) in [4.78, 5) is 98.3. The number of fused-ring (bicyclic) bond motifs is 5. The molecular weight excluding hydrogens is 925 g/mol. The van der Waals surface area contributed by atoms with Crippen molar-refractivity contribution in [1.29, 1.82) is 0 Å². The van der Waals surface area contributed by atoms with E-state index in [9.17, 15) is 34.2 Å². The third-order valence-electron chi connectivity index (χ3n) is 14.5. The maximum Gasteiger partial charge on any atom is 0.408 e. The van der Waals surface area contributed by atoms with E-state index in [4.69, 9.17) is 37.9 Å². The molecule has 0 radical (unpaired) electrons. The normalized spacial score (nSPS) is 29.5. The Morgan fingerprint density at radius 1 is 0.944 bits per heavy atom. The molecular formula is C52H68N2O17. The summed E-state index contributed by atoms with van der Waals surface area (Å²) in [6, 6.07) is 14.5. The Morgan fingerprint density at radius 3 is 2.15 bits per heavy atom. The quantitative estimate of drug-likeness (QED) is 0.0747. The minimum absolute atomic E-state index is 0.0510. The second kappa shape index (κ2) is 21.5. The van der Waals surface area contributed by atoms with E-state index >= 15 is 9.59 Å². The SMILES string of the molecule is CCNCCC(=O)OCC(=O)O[C@@H](C(=O)O[C@H]1C[C@@]2(O)[C@@H](OC(=O)c3ccccc3)[C@@H]3[C@]4(OC(C)=O)CO[C@@H]4C[C@H](OC)[C@@]3(C)C(=O)[C@H](CO)C(=C1C)C2(C)C)[C@@H](NC(=O)OC(C)(C)C)c1ccccc1. The van der Waals surface area contributed by atoms with Crippen LogP contribution in [0.2, 0.25) is 0 Å². The number of aliphatic hydroxyl groups is 2. The zero-order valence-electron chi connectivity index (χ0n) is 42.1. The molecule has 2 saturated carbocycles. The van der Waals surface area contributed by atoms with Crippen LogP contribution in [-0.2, 0) is 61.9 Å². The average molecular weight is 993 g/mol. The molecule has 0 spiro atoms. The van der Waals surface area contributed by atoms with Gasteiger partial charge in [-0.2, -0.15) is 0 Å². The number of rotatable bonds is 17. The molecule has 1 heterocycles. The highest BCUT2D eigenvalue weighted by atomic mass is 16.6. The number of aliphatic hydroxyl groups excluding tert-OH is 1. The Kier molecular flexibility index (Phi) is 16.6. The van der Waals surface area contributed by atoms with Crippen LogP contribution in [0, 0.1) is 22.7 Å². The molecule has 1 aliphatic heterocycles. The molecule has 11 atom stereocenters. The van der Waals surface area contributed by atoms with Crippen molar-refractivity contribution < 1.29 is 81.7 Å². The molecule has 19 nitrogen and oxygen atoms in total. The van der Waals surface area contributed by atoms with E-state index in [-0.39, 0.29) is 48.3 Å². The molecule has 4 N–H and O–H groups in total. The highest BCUT2D eigenvalue weighted by Gasteiger charge is 2.78. The van der Waals surface area contributed by atoms with Crippen molar-refractivity contribution in [1.82, 2.24) is 10.6 Å². The summed E-state index contributed by atoms with van der Waals surface area (Å²) in [6.07, 6.45) is -8.79. The van der Waals surface area contributed by atoms with Crippen LogP contribution in [0.1, 0.15) is 104 Å². The first-order chi connectivity index (χ1) is 33.4. The van der Waals surface area contributed by atoms with Gasteiger partial charge in [0, 0.05) is 38.8 Å². The first kappa shape index (κ1) is 54.6. The molecule has 71 heavy (non-hydrogen) atoms. The van der Waals surface area contributed by atoms with Gasteiger partial charge in [0.15, 0.2) is 18.0 Å². The largest absolute Gasteiger partial charge is 0.455 e. The molecule has 19 heteroatoms. The minimum Gasteiger partial charge on any atom is -0.455 e. The van der Waals surface area contributed by atoms with E-state index in [0.29, 0.717) is 6.54 Å². The van der Waals surface area contributed by atoms with Gasteiger partial charge in [-0.05, 0) is 70.0 Å². The van der Waals surface area contributed by atoms with E-state index in [1.807, 2.05) is 6.92 Å². The van der Waals surface area contributed by atoms with E-state index in [2.05, 4.69) is 10.6 Å². The summed E-state index contributed by atoms with van der Waals surface area (Å²) in [5.41, 5.74) is -7.69. The van der Waals surface area contributed by atoms with Gasteiger partial charge >= 0.3 is 35.9 Å². The number of alkyl carbamates (subject to hydrolysis) is 1. The highest BCUT2D eigenvalue weighted by molar-refractivity contribution is 5.93. The molecule has 2 aromatic rings. The lowest BCUT2D eigenvalue weighted by Crippen LogP contribution is -2.81. The number of esters is 5. The zero-order valence-corrected chi connectivity index (χ0v) is 42.1. The molecule has 0 aromatic heterocycles. The summed E-state index contributed by atoms with van der Waals surface area (Å²) in [7, 11) is 1.40. The Hall–Kier alpha value is -5.73. The Morgan fingerprint density at radius 2 is 1.59 bits per heavy atom. The fourth-order valence-corrected chi connectivity index (χ4v) is 11.1. The van der Waals surface area contributed by atoms with Crippen LogP contribution in [0.5, 0.6) is 0 Å². The molecule has 1 amide bonds. The number of carbonyl (C=O) groups is 7. The zero-order chi connectivity index (χ0) is 52.3. The van der Waals surface area contributed by atoms with Gasteiger partial charge in [0.25, 0.3) is 0 Å². The Bertz CT molecular complexity index is 2350. The number of Topliss-reactive ketones (excluding diaryl/α,β-unsaturated/α-hetero) is 1. The number of hydrogen-bond donors (Lipinski definition) is 4. The van der Waals surface area contributed by atoms with Crippen LogP contribution in [0.15, 0.2) is 71.8 Å². The van der Waals surface area contributed by atoms with Gasteiger partial charge in [-0.1, -0.05) is 69.3 Å². The van der Waals surface area contributed by atoms with Gasteiger partial charge in [0.2, 0.25) is 6.10 Å². The van der Waals surface area contributed by atoms with Gasteiger partial charge in [-0.15, -0.1) is 0 Å². The maximum atomic E-state index is 15.8. The predicted octanol–water partition coefficient (Wildman–Crippen LogP) is 4.26. The number of ketones is 1. The number of nitrogens with one attached hydrogen (secondary N) is 2. The van der Waals surface area contributed by atoms with Crippen molar-refractivity contribution in [2.75, 3.05) is 40.0 Å². The highest BCUT2D eigenvalue weighted by Crippen LogP contribution is 2.65. The lowest BCUT2D eigenvalue weighted by molar-refractivity contribution is -0.347. The summed E-state index contributed by atoms with van der Waals surface area (Å²) < 4.78 is 47.7. The smallest absolute Gasteiger partial charge is 0.408 e. The Balaban J connectivity index is 1.52. The number of carbonyl (C=O) groups excluding carboxylic acids is 7. The van der Waals surface area contributed by atoms with Crippen LogP contribution in [-0.4, -0.2) is 139 Å². The van der Waals surface area contributed by atoms with E-state index in [1.165, 1.54) is 26.2 Å². The fourth-order valence-electron chi connectivity index (χ4n) is 11.1. The van der Waals surface area contributed by atoms with Crippen molar-refractivity contribution in [3.05, 3.63) is 82.9 Å². The van der Waals surface area contributed by atoms with Gasteiger partial charge in [-0.25, -0.2) is 19.2 Å². The molecule has 2 aromatic carbocycles. The van der Waals surface area contributed by atoms with Crippen molar-refractivity contribution in [3.63, 3.8) is 0 Å². The molecule has 1 saturated heterocycles. The maximum absolute atomic E-state index is 15.8. The third kappa shape index (κ3) is 10.7. The molecule has 388 valence electrons. The van der Waals surface area contributed by atoms with Crippen LogP contribution >= 0.6 is 0 Å². The number of amides is 1. The fraction of sp³-hybridized carbons (Fsp3) is 0.596. The third-order valence-corrected chi connectivity index (χ3v) is 14.5. The van der Waals surface area contributed by atoms with Gasteiger partial charge in [-0.3, -0.25) is 14.4 Å². The van der Waals surface area contributed by atoms with Gasteiger partial charge < -0.3 is 58.7 Å². The number of methoxy groups -OCH3 is 1. The van der Waals surface area contributed by atoms with Crippen LogP contribution in [0.4, 0.5) is 4.79 Å². The first-order valence-electron chi connectivity index (χ1n) is 23.9. The number of benzene rings is 2. The van der Waals surface area contributed by atoms with Crippen LogP contribution in [0.3, 0.4) is 0 Å². The van der Waals surface area contributed by atoms with E-state index in [0.717, 1.165) is 0 Å². The summed E-state index contributed by atoms with van der Waals surface area (Å²) in [6.45, 7) is 13.2. The summed E-state index contributed by atoms with van der Waals surface area (Å²) in [5, 5.41) is 31.0. The predicted molar refractivity (Wildman–Crippen MR) is 251 cm³/mol. The van der Waals surface area contributed by atoms with E-state index < -0.39 is 137 Å². The summed E-state index contributed by atoms with van der Waals surface area (Å²) >= 11 is 0. The lowest BCUT2D eigenvalue weighted by Gasteiger charge is -2.68. The first-order valence-corrected chi connectivity index (χ1v) is 23.9. The molecule has 3 aliphatic carbocycles. The number of ether oxygens (including phenoxy) is 8. The van der Waals surface area contributed by atoms with E-state index in [1.54, 1.807) is 97.0 Å². The van der Waals surface area contributed by atoms with Crippen molar-refractivity contribution in [2.24, 2.45) is 22.7 Å². The lowest BCUT2D eigenvalue weighted by atomic mass is 9.43. The van der Waals surface area contributed by atoms with Crippen molar-refractivity contribution >= 4 is 41.7 Å².